The molecule has 4 fully saturated rings. The normalized spacial score (nSPS) is 23.9. The van der Waals surface area contributed by atoms with Crippen LogP contribution < -0.4 is 10.5 Å². The summed E-state index contributed by atoms with van der Waals surface area (Å²) in [7, 11) is 0. The van der Waals surface area contributed by atoms with E-state index in [9.17, 15) is 14.4 Å². The van der Waals surface area contributed by atoms with Gasteiger partial charge in [-0.1, -0.05) is 0 Å². The first-order valence-corrected chi connectivity index (χ1v) is 14.5. The topological polar surface area (TPSA) is 118 Å². The van der Waals surface area contributed by atoms with Gasteiger partial charge in [0.1, 0.15) is 5.76 Å². The molecule has 5 heterocycles. The van der Waals surface area contributed by atoms with Crippen molar-refractivity contribution in [2.45, 2.75) is 57.3 Å². The lowest BCUT2D eigenvalue weighted by Gasteiger charge is -2.24. The van der Waals surface area contributed by atoms with Gasteiger partial charge in [0.15, 0.2) is 0 Å². The molecule has 6 rings (SSSR count). The highest BCUT2D eigenvalue weighted by atomic mass is 16.5. The van der Waals surface area contributed by atoms with E-state index in [2.05, 4.69) is 4.98 Å². The molecule has 1 aliphatic carbocycles. The number of H-pyrrole nitrogens is 1. The molecule has 10 heteroatoms. The first-order chi connectivity index (χ1) is 19.0. The number of pyridine rings is 1. The number of hydrogen-bond donors (Lipinski definition) is 1. The average molecular weight is 539 g/mol. The molecular weight excluding hydrogens is 500 g/mol. The summed E-state index contributed by atoms with van der Waals surface area (Å²) in [6.07, 6.45) is 8.28. The van der Waals surface area contributed by atoms with Crippen LogP contribution in [0.15, 0.2) is 27.5 Å². The first-order valence-electron chi connectivity index (χ1n) is 14.5. The maximum atomic E-state index is 13.6. The summed E-state index contributed by atoms with van der Waals surface area (Å²) in [6, 6.07) is 3.80. The predicted octanol–water partition coefficient (Wildman–Crippen LogP) is 2.99. The minimum atomic E-state index is -0.491. The lowest BCUT2D eigenvalue weighted by molar-refractivity contribution is -0.130. The van der Waals surface area contributed by atoms with E-state index in [1.807, 2.05) is 21.9 Å². The van der Waals surface area contributed by atoms with E-state index >= 15 is 0 Å². The zero-order valence-corrected chi connectivity index (χ0v) is 22.4. The van der Waals surface area contributed by atoms with Crippen LogP contribution in [0.4, 0.5) is 0 Å². The van der Waals surface area contributed by atoms with Crippen molar-refractivity contribution in [1.29, 1.82) is 0 Å². The van der Waals surface area contributed by atoms with Crippen LogP contribution >= 0.6 is 0 Å². The number of rotatable bonds is 8. The van der Waals surface area contributed by atoms with E-state index in [0.29, 0.717) is 73.4 Å². The molecule has 1 N–H and O–H groups in total. The molecule has 0 bridgehead atoms. The molecule has 39 heavy (non-hydrogen) atoms. The Morgan fingerprint density at radius 3 is 2.41 bits per heavy atom. The minimum absolute atomic E-state index is 0.0520. The van der Waals surface area contributed by atoms with E-state index < -0.39 is 5.76 Å². The molecular formula is C29H38N4O6. The molecule has 3 saturated heterocycles. The summed E-state index contributed by atoms with van der Waals surface area (Å²) < 4.78 is 16.6. The Kier molecular flexibility index (Phi) is 7.72. The summed E-state index contributed by atoms with van der Waals surface area (Å²) in [6.45, 7) is 5.01. The molecule has 10 nitrogen and oxygen atoms in total. The van der Waals surface area contributed by atoms with Crippen LogP contribution in [0.25, 0.3) is 0 Å². The zero-order valence-electron chi connectivity index (χ0n) is 22.4. The van der Waals surface area contributed by atoms with Gasteiger partial charge in [-0.15, -0.1) is 0 Å². The third-order valence-electron chi connectivity index (χ3n) is 8.79. The summed E-state index contributed by atoms with van der Waals surface area (Å²) >= 11 is 0. The van der Waals surface area contributed by atoms with Gasteiger partial charge in [0, 0.05) is 81.7 Å². The van der Waals surface area contributed by atoms with Crippen molar-refractivity contribution < 1.29 is 23.5 Å². The van der Waals surface area contributed by atoms with Gasteiger partial charge in [-0.2, -0.15) is 0 Å². The van der Waals surface area contributed by atoms with Gasteiger partial charge in [0.25, 0.3) is 5.91 Å². The monoisotopic (exact) mass is 538 g/mol. The SMILES string of the molecule is O=C(CCc1c[nH]c(=O)o1)N1CC2CCN(C(=O)c3cc(OCC4CCOCC4)nc(C4CC4)c3)CCC2C1. The maximum Gasteiger partial charge on any atom is 0.416 e. The number of ether oxygens (including phenoxy) is 2. The molecule has 3 aliphatic heterocycles. The Bertz CT molecular complexity index is 1210. The van der Waals surface area contributed by atoms with Gasteiger partial charge in [-0.05, 0) is 62.3 Å². The number of nitrogens with zero attached hydrogens (tertiary/aromatic N) is 3. The summed E-state index contributed by atoms with van der Waals surface area (Å²) in [5.41, 5.74) is 1.65. The van der Waals surface area contributed by atoms with Gasteiger partial charge in [0.2, 0.25) is 11.8 Å². The second-order valence-electron chi connectivity index (χ2n) is 11.6. The molecule has 2 atom stereocenters. The van der Waals surface area contributed by atoms with Crippen LogP contribution in [-0.2, 0) is 16.0 Å². The zero-order chi connectivity index (χ0) is 26.8. The van der Waals surface area contributed by atoms with Crippen molar-refractivity contribution in [3.8, 4) is 5.88 Å². The van der Waals surface area contributed by atoms with Crippen molar-refractivity contribution in [3.05, 3.63) is 45.9 Å². The standard InChI is InChI=1S/C29H38N4O6/c34-27(4-3-24-15-30-29(36)39-24)33-16-21-5-9-32(10-6-22(21)17-33)28(35)23-13-25(20-1-2-20)31-26(14-23)38-18-19-7-11-37-12-8-19/h13-15,19-22H,1-12,16-18H2,(H,30,36). The summed E-state index contributed by atoms with van der Waals surface area (Å²) in [5.74, 6) is 2.43. The number of nitrogens with one attached hydrogen (secondary N) is 1. The number of likely N-dealkylation sites (tertiary alicyclic amines) is 2. The molecule has 2 aromatic rings. The van der Waals surface area contributed by atoms with Crippen LogP contribution in [0.5, 0.6) is 5.88 Å². The van der Waals surface area contributed by atoms with Crippen molar-refractivity contribution in [1.82, 2.24) is 19.8 Å². The number of aryl methyl sites for hydroxylation is 1. The molecule has 2 aromatic heterocycles. The van der Waals surface area contributed by atoms with Crippen molar-refractivity contribution in [3.63, 3.8) is 0 Å². The number of aromatic amines is 1. The number of hydrogen-bond acceptors (Lipinski definition) is 7. The first kappa shape index (κ1) is 26.1. The Balaban J connectivity index is 1.04. The van der Waals surface area contributed by atoms with E-state index in [4.69, 9.17) is 18.9 Å². The number of carbonyl (C=O) groups excluding carboxylic acids is 2. The number of aromatic nitrogens is 2. The van der Waals surface area contributed by atoms with E-state index in [-0.39, 0.29) is 11.8 Å². The fourth-order valence-corrected chi connectivity index (χ4v) is 6.19. The smallest absolute Gasteiger partial charge is 0.416 e. The summed E-state index contributed by atoms with van der Waals surface area (Å²) in [4.78, 5) is 48.8. The van der Waals surface area contributed by atoms with Crippen LogP contribution in [-0.4, -0.2) is 77.6 Å². The average Bonchev–Trinajstić information content (AvgIpc) is 3.66. The second-order valence-corrected chi connectivity index (χ2v) is 11.6. The fraction of sp³-hybridized carbons (Fsp3) is 0.655. The van der Waals surface area contributed by atoms with Gasteiger partial charge in [-0.3, -0.25) is 14.6 Å². The van der Waals surface area contributed by atoms with Crippen LogP contribution in [0.2, 0.25) is 0 Å². The predicted molar refractivity (Wildman–Crippen MR) is 142 cm³/mol. The van der Waals surface area contributed by atoms with Crippen LogP contribution in [0, 0.1) is 17.8 Å². The van der Waals surface area contributed by atoms with E-state index in [1.54, 1.807) is 0 Å². The molecule has 2 amide bonds. The number of amides is 2. The third kappa shape index (κ3) is 6.37. The molecule has 0 aromatic carbocycles. The molecule has 2 unspecified atom stereocenters. The lowest BCUT2D eigenvalue weighted by Crippen LogP contribution is -2.34. The van der Waals surface area contributed by atoms with Gasteiger partial charge >= 0.3 is 5.76 Å². The van der Waals surface area contributed by atoms with Crippen LogP contribution in [0.3, 0.4) is 0 Å². The number of fused-ring (bicyclic) bond motifs is 1. The molecule has 210 valence electrons. The van der Waals surface area contributed by atoms with E-state index in [1.165, 1.54) is 6.20 Å². The molecule has 4 aliphatic rings. The largest absolute Gasteiger partial charge is 0.477 e. The van der Waals surface area contributed by atoms with Crippen molar-refractivity contribution in [2.75, 3.05) is 46.0 Å². The van der Waals surface area contributed by atoms with Gasteiger partial charge < -0.3 is 23.7 Å². The molecule has 0 radical (unpaired) electrons. The van der Waals surface area contributed by atoms with Crippen LogP contribution in [0.1, 0.15) is 72.7 Å². The van der Waals surface area contributed by atoms with Gasteiger partial charge in [0.05, 0.1) is 6.61 Å². The fourth-order valence-electron chi connectivity index (χ4n) is 6.19. The second kappa shape index (κ2) is 11.5. The molecule has 0 spiro atoms. The quantitative estimate of drug-likeness (QED) is 0.549. The maximum absolute atomic E-state index is 13.6. The Labute approximate surface area is 228 Å². The van der Waals surface area contributed by atoms with Crippen molar-refractivity contribution in [2.24, 2.45) is 17.8 Å². The minimum Gasteiger partial charge on any atom is -0.477 e. The third-order valence-corrected chi connectivity index (χ3v) is 8.79. The van der Waals surface area contributed by atoms with E-state index in [0.717, 1.165) is 70.5 Å². The Morgan fingerprint density at radius 2 is 1.74 bits per heavy atom. The Hall–Kier alpha value is -3.14. The number of oxazole rings is 1. The van der Waals surface area contributed by atoms with Gasteiger partial charge in [-0.25, -0.2) is 9.78 Å². The Morgan fingerprint density at radius 1 is 1.00 bits per heavy atom. The number of carbonyl (C=O) groups is 2. The highest BCUT2D eigenvalue weighted by Gasteiger charge is 2.38. The summed E-state index contributed by atoms with van der Waals surface area (Å²) in [5, 5.41) is 0. The highest BCUT2D eigenvalue weighted by Crippen LogP contribution is 2.40. The lowest BCUT2D eigenvalue weighted by atomic mass is 9.92. The molecule has 1 saturated carbocycles. The van der Waals surface area contributed by atoms with Crippen molar-refractivity contribution >= 4 is 11.8 Å². The highest BCUT2D eigenvalue weighted by molar-refractivity contribution is 5.94.